The maximum absolute atomic E-state index is 11.8. The highest BCUT2D eigenvalue weighted by Crippen LogP contribution is 2.21. The van der Waals surface area contributed by atoms with Gasteiger partial charge >= 0.3 is 0 Å². The van der Waals surface area contributed by atoms with Crippen molar-refractivity contribution in [2.45, 2.75) is 45.4 Å². The maximum atomic E-state index is 11.8. The van der Waals surface area contributed by atoms with E-state index in [1.54, 1.807) is 35.8 Å². The molecule has 0 unspecified atom stereocenters. The first-order valence-corrected chi connectivity index (χ1v) is 9.88. The van der Waals surface area contributed by atoms with Gasteiger partial charge in [-0.3, -0.25) is 9.59 Å². The number of phenols is 1. The van der Waals surface area contributed by atoms with Crippen LogP contribution in [0.15, 0.2) is 40.8 Å². The van der Waals surface area contributed by atoms with Gasteiger partial charge in [0.2, 0.25) is 11.8 Å². The van der Waals surface area contributed by atoms with Crippen molar-refractivity contribution in [3.05, 3.63) is 46.2 Å². The third-order valence-electron chi connectivity index (χ3n) is 4.01. The summed E-state index contributed by atoms with van der Waals surface area (Å²) in [4.78, 5) is 24.6. The molecule has 0 aliphatic rings. The first-order chi connectivity index (χ1) is 13.1. The molecule has 0 spiro atoms. The van der Waals surface area contributed by atoms with E-state index < -0.39 is 0 Å². The quantitative estimate of drug-likeness (QED) is 0.247. The average molecular weight is 388 g/mol. The summed E-state index contributed by atoms with van der Waals surface area (Å²) in [6.45, 7) is 2.00. The fraction of sp³-hybridized carbons (Fsp3) is 0.350. The summed E-state index contributed by atoms with van der Waals surface area (Å²) in [5.74, 6) is -0.154. The van der Waals surface area contributed by atoms with Gasteiger partial charge in [0, 0.05) is 17.7 Å². The SMILES string of the molecule is Cc1ccsc1/C=N/NC(=O)CCCCCCC(=O)Nc1ccccc1O. The summed E-state index contributed by atoms with van der Waals surface area (Å²) in [6.07, 6.45) is 5.75. The Kier molecular flexibility index (Phi) is 8.51. The van der Waals surface area contributed by atoms with Gasteiger partial charge in [-0.1, -0.05) is 25.0 Å². The van der Waals surface area contributed by atoms with E-state index in [-0.39, 0.29) is 17.6 Å². The van der Waals surface area contributed by atoms with Gasteiger partial charge in [-0.25, -0.2) is 5.43 Å². The third kappa shape index (κ3) is 7.62. The molecule has 0 aliphatic heterocycles. The molecular formula is C20H25N3O3S. The van der Waals surface area contributed by atoms with Gasteiger partial charge in [-0.05, 0) is 48.9 Å². The van der Waals surface area contributed by atoms with Crippen molar-refractivity contribution < 1.29 is 14.7 Å². The van der Waals surface area contributed by atoms with E-state index >= 15 is 0 Å². The van der Waals surface area contributed by atoms with E-state index in [2.05, 4.69) is 15.8 Å². The van der Waals surface area contributed by atoms with Crippen LogP contribution < -0.4 is 10.7 Å². The molecule has 0 bridgehead atoms. The molecular weight excluding hydrogens is 362 g/mol. The summed E-state index contributed by atoms with van der Waals surface area (Å²) in [5, 5.41) is 18.3. The molecule has 0 atom stereocenters. The summed E-state index contributed by atoms with van der Waals surface area (Å²) in [6, 6.07) is 8.67. The van der Waals surface area contributed by atoms with Crippen LogP contribution in [0, 0.1) is 6.92 Å². The molecule has 2 rings (SSSR count). The number of nitrogens with zero attached hydrogens (tertiary/aromatic N) is 1. The topological polar surface area (TPSA) is 90.8 Å². The lowest BCUT2D eigenvalue weighted by Crippen LogP contribution is -2.16. The maximum Gasteiger partial charge on any atom is 0.240 e. The Hall–Kier alpha value is -2.67. The predicted octanol–water partition coefficient (Wildman–Crippen LogP) is 4.19. The molecule has 0 fully saturated rings. The minimum Gasteiger partial charge on any atom is -0.506 e. The molecule has 27 heavy (non-hydrogen) atoms. The summed E-state index contributed by atoms with van der Waals surface area (Å²) < 4.78 is 0. The molecule has 2 amide bonds. The van der Waals surface area contributed by atoms with Gasteiger partial charge in [0.15, 0.2) is 0 Å². The second-order valence-corrected chi connectivity index (χ2v) is 7.19. The zero-order valence-corrected chi connectivity index (χ0v) is 16.2. The van der Waals surface area contributed by atoms with E-state index in [0.29, 0.717) is 18.5 Å². The van der Waals surface area contributed by atoms with Gasteiger partial charge in [0.05, 0.1) is 11.9 Å². The van der Waals surface area contributed by atoms with Gasteiger partial charge in [-0.15, -0.1) is 11.3 Å². The Morgan fingerprint density at radius 3 is 2.44 bits per heavy atom. The fourth-order valence-electron chi connectivity index (χ4n) is 2.45. The summed E-state index contributed by atoms with van der Waals surface area (Å²) in [5.41, 5.74) is 4.11. The molecule has 0 radical (unpaired) electrons. The highest BCUT2D eigenvalue weighted by Gasteiger charge is 2.06. The van der Waals surface area contributed by atoms with Crippen LogP contribution in [0.3, 0.4) is 0 Å². The van der Waals surface area contributed by atoms with Crippen molar-refractivity contribution in [3.8, 4) is 5.75 Å². The number of carbonyl (C=O) groups is 2. The van der Waals surface area contributed by atoms with Crippen LogP contribution in [0.25, 0.3) is 0 Å². The van der Waals surface area contributed by atoms with Crippen LogP contribution in [-0.2, 0) is 9.59 Å². The number of hydrazone groups is 1. The Morgan fingerprint density at radius 1 is 1.07 bits per heavy atom. The molecule has 7 heteroatoms. The minimum absolute atomic E-state index is 0.0637. The highest BCUT2D eigenvalue weighted by molar-refractivity contribution is 7.11. The second kappa shape index (κ2) is 11.1. The van der Waals surface area contributed by atoms with E-state index in [4.69, 9.17) is 0 Å². The van der Waals surface area contributed by atoms with Gasteiger partial charge < -0.3 is 10.4 Å². The minimum atomic E-state index is -0.118. The number of anilines is 1. The zero-order chi connectivity index (χ0) is 19.5. The lowest BCUT2D eigenvalue weighted by atomic mass is 10.1. The molecule has 2 aromatic rings. The fourth-order valence-corrected chi connectivity index (χ4v) is 3.24. The number of aromatic hydroxyl groups is 1. The normalized spacial score (nSPS) is 10.9. The lowest BCUT2D eigenvalue weighted by molar-refractivity contribution is -0.121. The van der Waals surface area contributed by atoms with Crippen molar-refractivity contribution in [2.24, 2.45) is 5.10 Å². The Labute approximate surface area is 163 Å². The Balaban J connectivity index is 1.52. The van der Waals surface area contributed by atoms with Gasteiger partial charge in [0.25, 0.3) is 0 Å². The number of aryl methyl sites for hydroxylation is 1. The number of benzene rings is 1. The lowest BCUT2D eigenvalue weighted by Gasteiger charge is -2.06. The number of hydrogen-bond donors (Lipinski definition) is 3. The summed E-state index contributed by atoms with van der Waals surface area (Å²) >= 11 is 1.58. The molecule has 1 aromatic carbocycles. The number of unbranched alkanes of at least 4 members (excludes halogenated alkanes) is 3. The van der Waals surface area contributed by atoms with Gasteiger partial charge in [-0.2, -0.15) is 5.10 Å². The molecule has 0 aliphatic carbocycles. The van der Waals surface area contributed by atoms with E-state index in [1.807, 2.05) is 18.4 Å². The number of para-hydroxylation sites is 2. The molecule has 6 nitrogen and oxygen atoms in total. The van der Waals surface area contributed by atoms with Crippen LogP contribution in [0.2, 0.25) is 0 Å². The number of phenolic OH excluding ortho intramolecular Hbond substituents is 1. The average Bonchev–Trinajstić information content (AvgIpc) is 3.05. The smallest absolute Gasteiger partial charge is 0.240 e. The second-order valence-electron chi connectivity index (χ2n) is 6.24. The van der Waals surface area contributed by atoms with Crippen LogP contribution in [0.1, 0.15) is 49.0 Å². The van der Waals surface area contributed by atoms with Crippen molar-refractivity contribution in [3.63, 3.8) is 0 Å². The molecule has 0 saturated carbocycles. The first kappa shape index (κ1) is 20.6. The van der Waals surface area contributed by atoms with Gasteiger partial charge in [0.1, 0.15) is 5.75 Å². The molecule has 3 N–H and O–H groups in total. The molecule has 1 aromatic heterocycles. The van der Waals surface area contributed by atoms with Crippen molar-refractivity contribution in [1.82, 2.24) is 5.43 Å². The van der Waals surface area contributed by atoms with Crippen LogP contribution >= 0.6 is 11.3 Å². The molecule has 0 saturated heterocycles. The Bertz CT molecular complexity index is 786. The first-order valence-electron chi connectivity index (χ1n) is 9.00. The third-order valence-corrected chi connectivity index (χ3v) is 4.96. The number of rotatable bonds is 10. The molecule has 1 heterocycles. The van der Waals surface area contributed by atoms with Crippen molar-refractivity contribution in [2.75, 3.05) is 5.32 Å². The van der Waals surface area contributed by atoms with Crippen LogP contribution in [0.5, 0.6) is 5.75 Å². The van der Waals surface area contributed by atoms with Crippen LogP contribution in [-0.4, -0.2) is 23.1 Å². The van der Waals surface area contributed by atoms with E-state index in [1.165, 1.54) is 6.07 Å². The largest absolute Gasteiger partial charge is 0.506 e. The summed E-state index contributed by atoms with van der Waals surface area (Å²) in [7, 11) is 0. The highest BCUT2D eigenvalue weighted by atomic mass is 32.1. The Morgan fingerprint density at radius 2 is 1.78 bits per heavy atom. The van der Waals surface area contributed by atoms with Crippen molar-refractivity contribution >= 4 is 35.1 Å². The number of amides is 2. The standard InChI is InChI=1S/C20H25N3O3S/c1-15-12-13-27-18(15)14-21-23-20(26)11-5-3-2-4-10-19(25)22-16-8-6-7-9-17(16)24/h6-9,12-14,24H,2-5,10-11H2,1H3,(H,22,25)(H,23,26)/b21-14+. The van der Waals surface area contributed by atoms with E-state index in [9.17, 15) is 14.7 Å². The molecule has 144 valence electrons. The number of thiophene rings is 1. The number of carbonyl (C=O) groups excluding carboxylic acids is 2. The van der Waals surface area contributed by atoms with E-state index in [0.717, 1.165) is 36.1 Å². The number of hydrogen-bond acceptors (Lipinski definition) is 5. The van der Waals surface area contributed by atoms with Crippen LogP contribution in [0.4, 0.5) is 5.69 Å². The predicted molar refractivity (Wildman–Crippen MR) is 109 cm³/mol. The zero-order valence-electron chi connectivity index (χ0n) is 15.4. The monoisotopic (exact) mass is 387 g/mol. The van der Waals surface area contributed by atoms with Crippen molar-refractivity contribution in [1.29, 1.82) is 0 Å². The number of nitrogens with one attached hydrogen (secondary N) is 2.